The fraction of sp³-hybridized carbons (Fsp3) is 0.111. The van der Waals surface area contributed by atoms with Crippen molar-refractivity contribution in [2.45, 2.75) is 6.92 Å². The Kier molecular flexibility index (Phi) is 4.94. The number of rotatable bonds is 5. The van der Waals surface area contributed by atoms with Crippen LogP contribution in [0.25, 0.3) is 10.6 Å². The average molecular weight is 370 g/mol. The number of nitro groups is 1. The number of carbonyl (C=O) groups excluding carboxylic acids is 1. The molecule has 0 atom stereocenters. The van der Waals surface area contributed by atoms with E-state index in [9.17, 15) is 14.9 Å². The first-order chi connectivity index (χ1) is 12.5. The summed E-state index contributed by atoms with van der Waals surface area (Å²) < 4.78 is 10.2. The average Bonchev–Trinajstić information content (AvgIpc) is 3.04. The van der Waals surface area contributed by atoms with Crippen molar-refractivity contribution < 1.29 is 19.2 Å². The van der Waals surface area contributed by atoms with Crippen molar-refractivity contribution in [2.24, 2.45) is 0 Å². The minimum absolute atomic E-state index is 0.144. The van der Waals surface area contributed by atoms with Gasteiger partial charge in [-0.15, -0.1) is 11.3 Å². The second-order valence-corrected chi connectivity index (χ2v) is 6.28. The Morgan fingerprint density at radius 1 is 1.19 bits per heavy atom. The molecule has 0 fully saturated rings. The summed E-state index contributed by atoms with van der Waals surface area (Å²) in [5.74, 6) is -0.526. The predicted octanol–water partition coefficient (Wildman–Crippen LogP) is 4.25. The van der Waals surface area contributed by atoms with Gasteiger partial charge in [-0.05, 0) is 19.1 Å². The first kappa shape index (κ1) is 17.6. The van der Waals surface area contributed by atoms with Gasteiger partial charge in [-0.1, -0.05) is 30.3 Å². The molecule has 0 amide bonds. The monoisotopic (exact) mass is 370 g/mol. The van der Waals surface area contributed by atoms with Gasteiger partial charge in [-0.3, -0.25) is 10.1 Å². The van der Waals surface area contributed by atoms with E-state index < -0.39 is 10.9 Å². The molecule has 0 aliphatic carbocycles. The van der Waals surface area contributed by atoms with Crippen molar-refractivity contribution in [3.63, 3.8) is 0 Å². The highest BCUT2D eigenvalue weighted by Crippen LogP contribution is 2.33. The predicted molar refractivity (Wildman–Crippen MR) is 96.9 cm³/mol. The molecular formula is C18H14N2O5S. The van der Waals surface area contributed by atoms with Crippen molar-refractivity contribution in [3.8, 4) is 22.1 Å². The molecular weight excluding hydrogens is 356 g/mol. The maximum atomic E-state index is 12.5. The highest BCUT2D eigenvalue weighted by molar-refractivity contribution is 7.17. The van der Waals surface area contributed by atoms with Gasteiger partial charge in [0.15, 0.2) is 0 Å². The minimum Gasteiger partial charge on any atom is -0.496 e. The van der Waals surface area contributed by atoms with E-state index in [1.165, 1.54) is 36.6 Å². The number of carbonyl (C=O) groups is 1. The van der Waals surface area contributed by atoms with E-state index in [-0.39, 0.29) is 11.4 Å². The number of hydrogen-bond acceptors (Lipinski definition) is 7. The molecule has 0 saturated heterocycles. The van der Waals surface area contributed by atoms with Gasteiger partial charge >= 0.3 is 11.7 Å². The second-order valence-electron chi connectivity index (χ2n) is 5.28. The molecule has 0 saturated carbocycles. The molecule has 132 valence electrons. The summed E-state index contributed by atoms with van der Waals surface area (Å²) in [6, 6.07) is 13.5. The maximum Gasteiger partial charge on any atom is 0.355 e. The third-order valence-corrected chi connectivity index (χ3v) is 4.75. The lowest BCUT2D eigenvalue weighted by Gasteiger charge is -2.06. The molecule has 0 aliphatic heterocycles. The number of thiazole rings is 1. The van der Waals surface area contributed by atoms with Crippen LogP contribution in [0.5, 0.6) is 11.5 Å². The van der Waals surface area contributed by atoms with Crippen LogP contribution in [0.15, 0.2) is 48.5 Å². The van der Waals surface area contributed by atoms with E-state index in [4.69, 9.17) is 9.47 Å². The van der Waals surface area contributed by atoms with Crippen molar-refractivity contribution in [2.75, 3.05) is 7.11 Å². The minimum atomic E-state index is -0.685. The number of ether oxygens (including phenoxy) is 2. The SMILES string of the molecule is COc1ccc(OC(=O)c2sc(-c3ccccc3)nc2C)c([N+](=O)[O-])c1. The van der Waals surface area contributed by atoms with Crippen LogP contribution < -0.4 is 9.47 Å². The van der Waals surface area contributed by atoms with Crippen LogP contribution in [0.2, 0.25) is 0 Å². The number of nitro benzene ring substituents is 1. The largest absolute Gasteiger partial charge is 0.496 e. The molecule has 0 aliphatic rings. The number of aryl methyl sites for hydroxylation is 1. The zero-order chi connectivity index (χ0) is 18.7. The normalized spacial score (nSPS) is 10.4. The third-order valence-electron chi connectivity index (χ3n) is 3.57. The molecule has 0 radical (unpaired) electrons. The number of benzene rings is 2. The molecule has 0 unspecified atom stereocenters. The molecule has 1 heterocycles. The molecule has 2 aromatic carbocycles. The van der Waals surface area contributed by atoms with Gasteiger partial charge in [0.1, 0.15) is 15.6 Å². The second kappa shape index (κ2) is 7.32. The summed E-state index contributed by atoms with van der Waals surface area (Å²) >= 11 is 1.18. The topological polar surface area (TPSA) is 91.6 Å². The van der Waals surface area contributed by atoms with E-state index in [1.54, 1.807) is 6.92 Å². The van der Waals surface area contributed by atoms with E-state index in [0.29, 0.717) is 21.3 Å². The zero-order valence-electron chi connectivity index (χ0n) is 14.0. The fourth-order valence-electron chi connectivity index (χ4n) is 2.29. The quantitative estimate of drug-likeness (QED) is 0.288. The Morgan fingerprint density at radius 3 is 2.58 bits per heavy atom. The standard InChI is InChI=1S/C18H14N2O5S/c1-11-16(26-17(19-11)12-6-4-3-5-7-12)18(21)25-15-9-8-13(24-2)10-14(15)20(22)23/h3-10H,1-2H3. The van der Waals surface area contributed by atoms with Crippen molar-refractivity contribution in [1.82, 2.24) is 4.98 Å². The van der Waals surface area contributed by atoms with E-state index in [2.05, 4.69) is 4.98 Å². The maximum absolute atomic E-state index is 12.5. The first-order valence-corrected chi connectivity index (χ1v) is 8.38. The lowest BCUT2D eigenvalue weighted by atomic mass is 10.2. The molecule has 7 nitrogen and oxygen atoms in total. The highest BCUT2D eigenvalue weighted by Gasteiger charge is 2.23. The Bertz CT molecular complexity index is 969. The van der Waals surface area contributed by atoms with Gasteiger partial charge in [-0.25, -0.2) is 9.78 Å². The van der Waals surface area contributed by atoms with Gasteiger partial charge in [0, 0.05) is 5.56 Å². The van der Waals surface area contributed by atoms with Crippen molar-refractivity contribution in [1.29, 1.82) is 0 Å². The van der Waals surface area contributed by atoms with Gasteiger partial charge in [0.2, 0.25) is 5.75 Å². The van der Waals surface area contributed by atoms with Crippen LogP contribution in [-0.2, 0) is 0 Å². The molecule has 1 aromatic heterocycles. The first-order valence-electron chi connectivity index (χ1n) is 7.57. The van der Waals surface area contributed by atoms with E-state index >= 15 is 0 Å². The molecule has 26 heavy (non-hydrogen) atoms. The Morgan fingerprint density at radius 2 is 1.92 bits per heavy atom. The summed E-state index contributed by atoms with van der Waals surface area (Å²) in [5.41, 5.74) is 1.05. The molecule has 0 spiro atoms. The molecule has 3 rings (SSSR count). The lowest BCUT2D eigenvalue weighted by molar-refractivity contribution is -0.385. The van der Waals surface area contributed by atoms with Crippen molar-refractivity contribution in [3.05, 3.63) is 69.2 Å². The lowest BCUT2D eigenvalue weighted by Crippen LogP contribution is -2.09. The van der Waals surface area contributed by atoms with Gasteiger partial charge in [0.05, 0.1) is 23.8 Å². The fourth-order valence-corrected chi connectivity index (χ4v) is 3.24. The molecule has 0 N–H and O–H groups in total. The zero-order valence-corrected chi connectivity index (χ0v) is 14.8. The summed E-state index contributed by atoms with van der Waals surface area (Å²) in [7, 11) is 1.40. The van der Waals surface area contributed by atoms with Crippen LogP contribution >= 0.6 is 11.3 Å². The van der Waals surface area contributed by atoms with Crippen LogP contribution in [0.3, 0.4) is 0 Å². The van der Waals surface area contributed by atoms with Crippen LogP contribution in [0.4, 0.5) is 5.69 Å². The van der Waals surface area contributed by atoms with Gasteiger partial charge in [0.25, 0.3) is 0 Å². The van der Waals surface area contributed by atoms with E-state index in [1.807, 2.05) is 30.3 Å². The van der Waals surface area contributed by atoms with Crippen LogP contribution in [0.1, 0.15) is 15.4 Å². The number of methoxy groups -OCH3 is 1. The summed E-state index contributed by atoms with van der Waals surface area (Å²) in [5, 5.41) is 11.9. The highest BCUT2D eigenvalue weighted by atomic mass is 32.1. The third kappa shape index (κ3) is 3.55. The summed E-state index contributed by atoms with van der Waals surface area (Å²) in [6.07, 6.45) is 0. The number of nitrogens with zero attached hydrogens (tertiary/aromatic N) is 2. The Balaban J connectivity index is 1.90. The Hall–Kier alpha value is -3.26. The van der Waals surface area contributed by atoms with Crippen LogP contribution in [0, 0.1) is 17.0 Å². The van der Waals surface area contributed by atoms with Crippen molar-refractivity contribution >= 4 is 23.0 Å². The van der Waals surface area contributed by atoms with Gasteiger partial charge in [-0.2, -0.15) is 0 Å². The van der Waals surface area contributed by atoms with Gasteiger partial charge < -0.3 is 9.47 Å². The number of aromatic nitrogens is 1. The molecule has 3 aromatic rings. The van der Waals surface area contributed by atoms with E-state index in [0.717, 1.165) is 5.56 Å². The number of esters is 1. The molecule has 0 bridgehead atoms. The van der Waals surface area contributed by atoms with Crippen LogP contribution in [-0.4, -0.2) is 23.0 Å². The Labute approximate surface area is 153 Å². The summed E-state index contributed by atoms with van der Waals surface area (Å²) in [6.45, 7) is 1.70. The molecule has 8 heteroatoms. The smallest absolute Gasteiger partial charge is 0.355 e. The number of hydrogen-bond donors (Lipinski definition) is 0. The summed E-state index contributed by atoms with van der Waals surface area (Å²) in [4.78, 5) is 27.8.